The van der Waals surface area contributed by atoms with Crippen molar-refractivity contribution in [2.45, 2.75) is 51.8 Å². The van der Waals surface area contributed by atoms with E-state index in [1.165, 1.54) is 0 Å². The first kappa shape index (κ1) is 24.6. The van der Waals surface area contributed by atoms with Gasteiger partial charge in [0.2, 0.25) is 5.95 Å². The summed E-state index contributed by atoms with van der Waals surface area (Å²) in [6.07, 6.45) is 1.98. The number of para-hydroxylation sites is 1. The molecule has 2 aliphatic heterocycles. The Labute approximate surface area is 207 Å². The molecule has 0 aliphatic carbocycles. The van der Waals surface area contributed by atoms with Crippen LogP contribution in [0.4, 0.5) is 11.8 Å². The van der Waals surface area contributed by atoms with Crippen molar-refractivity contribution in [1.82, 2.24) is 14.9 Å². The maximum atomic E-state index is 13.5. The van der Waals surface area contributed by atoms with Crippen LogP contribution in [-0.2, 0) is 6.54 Å². The highest BCUT2D eigenvalue weighted by Gasteiger charge is 2.29. The summed E-state index contributed by atoms with van der Waals surface area (Å²) in [7, 11) is 1.77. The Morgan fingerprint density at radius 3 is 2.89 bits per heavy atom. The fourth-order valence-electron chi connectivity index (χ4n) is 4.48. The molecule has 4 N–H and O–H groups in total. The number of rotatable bonds is 6. The van der Waals surface area contributed by atoms with Crippen molar-refractivity contribution in [2.24, 2.45) is 10.7 Å². The number of anilines is 2. The number of nitrogens with one attached hydrogen (secondary N) is 2. The summed E-state index contributed by atoms with van der Waals surface area (Å²) in [6.45, 7) is 8.48. The molecule has 0 radical (unpaired) electrons. The predicted octanol–water partition coefficient (Wildman–Crippen LogP) is 2.27. The average molecular weight is 478 g/mol. The molecule has 0 spiro atoms. The molecule has 2 aliphatic rings. The molecule has 0 saturated carbocycles. The van der Waals surface area contributed by atoms with Gasteiger partial charge < -0.3 is 26.0 Å². The third kappa shape index (κ3) is 5.43. The Balaban J connectivity index is 1.63. The lowest BCUT2D eigenvalue weighted by molar-refractivity contribution is 0.0951. The topological polar surface area (TPSA) is 110 Å². The molecule has 1 atom stereocenters. The van der Waals surface area contributed by atoms with E-state index in [2.05, 4.69) is 27.4 Å². The smallest absolute Gasteiger partial charge is 0.272 e. The third-order valence-corrected chi connectivity index (χ3v) is 6.21. The van der Waals surface area contributed by atoms with Crippen molar-refractivity contribution in [2.75, 3.05) is 43.4 Å². The molecule has 9 nitrogen and oxygen atoms in total. The quantitative estimate of drug-likeness (QED) is 0.551. The van der Waals surface area contributed by atoms with Crippen molar-refractivity contribution in [3.05, 3.63) is 35.5 Å². The second-order valence-electron chi connectivity index (χ2n) is 9.52. The van der Waals surface area contributed by atoms with Gasteiger partial charge in [0, 0.05) is 31.7 Å². The lowest BCUT2D eigenvalue weighted by Crippen LogP contribution is -2.44. The van der Waals surface area contributed by atoms with Crippen LogP contribution in [0.1, 0.15) is 49.7 Å². The van der Waals surface area contributed by atoms with Gasteiger partial charge in [-0.3, -0.25) is 14.4 Å². The molecule has 0 bridgehead atoms. The standard InChI is InChI=1S/C26H35N7O2/c1-5-6-14-33-22(23(28-4)31-25(33)32-13-9-10-18(27)16-32)24(34)29-15-20-19-11-7-8-12-21(19)35-26(2,3)17-30-20/h7-8,11-12,18,28H,9-10,13-17,27H2,1-4H3,(H,29,34). The fourth-order valence-corrected chi connectivity index (χ4v) is 4.48. The number of imidazole rings is 1. The number of benzene rings is 1. The van der Waals surface area contributed by atoms with Crippen LogP contribution in [0.2, 0.25) is 0 Å². The molecule has 3 heterocycles. The van der Waals surface area contributed by atoms with Gasteiger partial charge in [0.05, 0.1) is 25.3 Å². The molecule has 186 valence electrons. The number of hydrogen-bond donors (Lipinski definition) is 3. The summed E-state index contributed by atoms with van der Waals surface area (Å²) in [5.41, 5.74) is 7.92. The molecule has 1 fully saturated rings. The van der Waals surface area contributed by atoms with E-state index in [1.807, 2.05) is 42.7 Å². The molecule has 1 amide bonds. The van der Waals surface area contributed by atoms with Gasteiger partial charge in [0.25, 0.3) is 5.91 Å². The number of aromatic nitrogens is 2. The second kappa shape index (κ2) is 10.4. The molecule has 35 heavy (non-hydrogen) atoms. The van der Waals surface area contributed by atoms with Gasteiger partial charge in [-0.1, -0.05) is 18.1 Å². The lowest BCUT2D eigenvalue weighted by Gasteiger charge is -2.31. The van der Waals surface area contributed by atoms with Gasteiger partial charge in [-0.25, -0.2) is 0 Å². The van der Waals surface area contributed by atoms with Gasteiger partial charge in [-0.05, 0) is 45.7 Å². The van der Waals surface area contributed by atoms with Crippen LogP contribution in [0, 0.1) is 11.8 Å². The first-order chi connectivity index (χ1) is 16.8. The van der Waals surface area contributed by atoms with Crippen molar-refractivity contribution in [3.63, 3.8) is 0 Å². The minimum atomic E-state index is -0.428. The highest BCUT2D eigenvalue weighted by molar-refractivity contribution is 6.07. The van der Waals surface area contributed by atoms with Gasteiger partial charge >= 0.3 is 0 Å². The minimum absolute atomic E-state index is 0.0845. The van der Waals surface area contributed by atoms with Crippen molar-refractivity contribution < 1.29 is 9.53 Å². The molecule has 1 unspecified atom stereocenters. The molecule has 2 aromatic rings. The average Bonchev–Trinajstić information content (AvgIpc) is 3.15. The largest absolute Gasteiger partial charge is 0.485 e. The summed E-state index contributed by atoms with van der Waals surface area (Å²) < 4.78 is 8.04. The van der Waals surface area contributed by atoms with Crippen LogP contribution in [-0.4, -0.2) is 66.0 Å². The number of carbonyl (C=O) groups excluding carboxylic acids is 1. The lowest BCUT2D eigenvalue weighted by atomic mass is 10.1. The van der Waals surface area contributed by atoms with Crippen LogP contribution in [0.25, 0.3) is 0 Å². The summed E-state index contributed by atoms with van der Waals surface area (Å²) in [5.74, 6) is 7.78. The highest BCUT2D eigenvalue weighted by atomic mass is 16.5. The summed E-state index contributed by atoms with van der Waals surface area (Å²) in [4.78, 5) is 25.2. The number of nitrogens with zero attached hydrogens (tertiary/aromatic N) is 4. The maximum Gasteiger partial charge on any atom is 0.272 e. The zero-order valence-electron chi connectivity index (χ0n) is 21.0. The van der Waals surface area contributed by atoms with Gasteiger partial charge in [0.15, 0.2) is 11.5 Å². The third-order valence-electron chi connectivity index (χ3n) is 6.21. The minimum Gasteiger partial charge on any atom is -0.485 e. The van der Waals surface area contributed by atoms with E-state index < -0.39 is 5.60 Å². The number of nitrogens with two attached hydrogens (primary N) is 1. The van der Waals surface area contributed by atoms with Gasteiger partial charge in [-0.15, -0.1) is 5.92 Å². The number of carbonyl (C=O) groups is 1. The van der Waals surface area contributed by atoms with E-state index in [9.17, 15) is 4.79 Å². The van der Waals surface area contributed by atoms with Crippen molar-refractivity contribution >= 4 is 23.4 Å². The van der Waals surface area contributed by atoms with Crippen LogP contribution >= 0.6 is 0 Å². The molecule has 1 saturated heterocycles. The normalized spacial score (nSPS) is 18.8. The van der Waals surface area contributed by atoms with E-state index in [-0.39, 0.29) is 18.5 Å². The predicted molar refractivity (Wildman–Crippen MR) is 140 cm³/mol. The zero-order chi connectivity index (χ0) is 25.0. The Kier molecular flexibility index (Phi) is 7.31. The van der Waals surface area contributed by atoms with Crippen LogP contribution in [0.15, 0.2) is 29.3 Å². The van der Waals surface area contributed by atoms with Crippen LogP contribution in [0.5, 0.6) is 5.75 Å². The van der Waals surface area contributed by atoms with Crippen LogP contribution < -0.4 is 26.0 Å². The first-order valence-corrected chi connectivity index (χ1v) is 12.1. The fraction of sp³-hybridized carbons (Fsp3) is 0.500. The number of piperidine rings is 1. The Morgan fingerprint density at radius 2 is 2.14 bits per heavy atom. The van der Waals surface area contributed by atoms with Gasteiger partial charge in [0.1, 0.15) is 11.4 Å². The van der Waals surface area contributed by atoms with E-state index in [1.54, 1.807) is 14.0 Å². The molecule has 1 aromatic heterocycles. The summed E-state index contributed by atoms with van der Waals surface area (Å²) in [5, 5.41) is 6.15. The number of hydrogen-bond acceptors (Lipinski definition) is 7. The van der Waals surface area contributed by atoms with Crippen molar-refractivity contribution in [1.29, 1.82) is 0 Å². The maximum absolute atomic E-state index is 13.5. The summed E-state index contributed by atoms with van der Waals surface area (Å²) in [6, 6.07) is 7.88. The Bertz CT molecular complexity index is 1170. The van der Waals surface area contributed by atoms with Crippen molar-refractivity contribution in [3.8, 4) is 17.6 Å². The first-order valence-electron chi connectivity index (χ1n) is 12.1. The van der Waals surface area contributed by atoms with E-state index >= 15 is 0 Å². The highest BCUT2D eigenvalue weighted by Crippen LogP contribution is 2.28. The van der Waals surface area contributed by atoms with E-state index in [4.69, 9.17) is 20.4 Å². The number of aliphatic imine (C=N–C) groups is 1. The summed E-state index contributed by atoms with van der Waals surface area (Å²) >= 11 is 0. The number of fused-ring (bicyclic) bond motifs is 1. The molecular weight excluding hydrogens is 442 g/mol. The monoisotopic (exact) mass is 477 g/mol. The second-order valence-corrected chi connectivity index (χ2v) is 9.52. The molecular formula is C26H35N7O2. The van der Waals surface area contributed by atoms with E-state index in [0.717, 1.165) is 36.4 Å². The Hall–Kier alpha value is -3.51. The van der Waals surface area contributed by atoms with Gasteiger partial charge in [-0.2, -0.15) is 4.98 Å². The number of amides is 1. The molecule has 1 aromatic carbocycles. The molecule has 4 rings (SSSR count). The number of ether oxygens (including phenoxy) is 1. The molecule has 9 heteroatoms. The SMILES string of the molecule is CC#CCn1c(N2CCCC(N)C2)nc(NC)c1C(=O)NCC1=NCC(C)(C)Oc2ccccc21. The Morgan fingerprint density at radius 1 is 1.34 bits per heavy atom. The zero-order valence-corrected chi connectivity index (χ0v) is 21.0. The van der Waals surface area contributed by atoms with E-state index in [0.29, 0.717) is 37.1 Å². The van der Waals surface area contributed by atoms with Crippen LogP contribution in [0.3, 0.4) is 0 Å².